The Morgan fingerprint density at radius 3 is 2.38 bits per heavy atom. The van der Waals surface area contributed by atoms with Gasteiger partial charge in [-0.2, -0.15) is 0 Å². The predicted molar refractivity (Wildman–Crippen MR) is 90.6 cm³/mol. The molecule has 2 aromatic carbocycles. The van der Waals surface area contributed by atoms with Crippen LogP contribution in [-0.4, -0.2) is 17.5 Å². The van der Waals surface area contributed by atoms with Gasteiger partial charge in [-0.25, -0.2) is 10.9 Å². The van der Waals surface area contributed by atoms with Crippen LogP contribution in [0.1, 0.15) is 26.7 Å². The van der Waals surface area contributed by atoms with Crippen LogP contribution in [-0.2, 0) is 4.79 Å². The van der Waals surface area contributed by atoms with Crippen LogP contribution in [0.2, 0.25) is 0 Å². The van der Waals surface area contributed by atoms with Gasteiger partial charge in [0.05, 0.1) is 5.92 Å². The highest BCUT2D eigenvalue weighted by atomic mass is 32.2. The topological polar surface area (TPSA) is 26.3 Å². The molecule has 0 aromatic heterocycles. The smallest absolute Gasteiger partial charge is 0.313 e. The summed E-state index contributed by atoms with van der Waals surface area (Å²) in [5, 5.41) is 2.33. The van der Waals surface area contributed by atoms with Crippen LogP contribution in [0.4, 0.5) is 0 Å². The van der Waals surface area contributed by atoms with Crippen molar-refractivity contribution < 1.29 is 9.53 Å². The zero-order valence-corrected chi connectivity index (χ0v) is 13.5. The van der Waals surface area contributed by atoms with Crippen molar-refractivity contribution in [2.45, 2.75) is 31.6 Å². The quantitative estimate of drug-likeness (QED) is 0.511. The van der Waals surface area contributed by atoms with E-state index in [1.807, 2.05) is 26.0 Å². The molecule has 0 amide bonds. The Labute approximate surface area is 128 Å². The summed E-state index contributed by atoms with van der Waals surface area (Å²) in [4.78, 5) is 13.4. The molecule has 1 saturated heterocycles. The minimum absolute atomic E-state index is 0.0257. The van der Waals surface area contributed by atoms with Crippen molar-refractivity contribution in [2.75, 3.05) is 11.5 Å². The second-order valence-electron chi connectivity index (χ2n) is 5.90. The van der Waals surface area contributed by atoms with Crippen molar-refractivity contribution in [1.29, 1.82) is 0 Å². The van der Waals surface area contributed by atoms with E-state index in [2.05, 4.69) is 24.3 Å². The Bertz CT molecular complexity index is 657. The third kappa shape index (κ3) is 2.93. The molecule has 1 aliphatic heterocycles. The minimum Gasteiger partial charge on any atom is -0.426 e. The number of carbonyl (C=O) groups is 1. The summed E-state index contributed by atoms with van der Waals surface area (Å²) in [6.45, 7) is 3.72. The molecule has 0 unspecified atom stereocenters. The normalized spacial score (nSPS) is 16.6. The molecule has 0 saturated carbocycles. The number of thiol groups is 1. The van der Waals surface area contributed by atoms with E-state index >= 15 is 0 Å². The Balaban J connectivity index is 2.04. The first-order valence-corrected chi connectivity index (χ1v) is 9.36. The summed E-state index contributed by atoms with van der Waals surface area (Å²) >= 11 is 0. The van der Waals surface area contributed by atoms with Crippen LogP contribution in [0, 0.1) is 5.92 Å². The van der Waals surface area contributed by atoms with Crippen LogP contribution in [0.5, 0.6) is 5.75 Å². The van der Waals surface area contributed by atoms with Crippen LogP contribution < -0.4 is 4.74 Å². The maximum absolute atomic E-state index is 11.9. The lowest BCUT2D eigenvalue weighted by Gasteiger charge is -2.19. The molecule has 112 valence electrons. The SMILES string of the molecule is CC(C)C(=O)Oc1ccc([SH]2CCCC2)c2ccccc12. The molecular formula is C18H22O2S. The van der Waals surface area contributed by atoms with E-state index < -0.39 is 0 Å². The van der Waals surface area contributed by atoms with E-state index in [9.17, 15) is 4.79 Å². The Kier molecular flexibility index (Phi) is 4.20. The first kappa shape index (κ1) is 14.5. The lowest BCUT2D eigenvalue weighted by molar-refractivity contribution is -0.137. The molecule has 21 heavy (non-hydrogen) atoms. The fraction of sp³-hybridized carbons (Fsp3) is 0.389. The van der Waals surface area contributed by atoms with E-state index in [1.165, 1.54) is 34.6 Å². The number of fused-ring (bicyclic) bond motifs is 1. The molecule has 2 aromatic rings. The summed E-state index contributed by atoms with van der Waals surface area (Å²) in [5.41, 5.74) is 0. The summed E-state index contributed by atoms with van der Waals surface area (Å²) in [6, 6.07) is 12.5. The van der Waals surface area contributed by atoms with Crippen LogP contribution in [0.3, 0.4) is 0 Å². The van der Waals surface area contributed by atoms with E-state index in [0.717, 1.165) is 5.39 Å². The molecular weight excluding hydrogens is 280 g/mol. The minimum atomic E-state index is -0.167. The van der Waals surface area contributed by atoms with Gasteiger partial charge in [0.2, 0.25) is 0 Å². The molecule has 0 bridgehead atoms. The van der Waals surface area contributed by atoms with Crippen LogP contribution in [0.25, 0.3) is 10.8 Å². The van der Waals surface area contributed by atoms with Gasteiger partial charge in [-0.15, -0.1) is 0 Å². The van der Waals surface area contributed by atoms with Gasteiger partial charge in [-0.3, -0.25) is 4.79 Å². The lowest BCUT2D eigenvalue weighted by atomic mass is 10.1. The molecule has 3 heteroatoms. The summed E-state index contributed by atoms with van der Waals surface area (Å²) in [7, 11) is -0.0257. The van der Waals surface area contributed by atoms with Crippen molar-refractivity contribution in [1.82, 2.24) is 0 Å². The Hall–Kier alpha value is -1.48. The van der Waals surface area contributed by atoms with E-state index in [4.69, 9.17) is 4.74 Å². The average molecular weight is 302 g/mol. The fourth-order valence-electron chi connectivity index (χ4n) is 2.80. The molecule has 1 fully saturated rings. The summed E-state index contributed by atoms with van der Waals surface area (Å²) in [6.07, 6.45) is 2.70. The van der Waals surface area contributed by atoms with Gasteiger partial charge in [-0.1, -0.05) is 38.1 Å². The van der Waals surface area contributed by atoms with Crippen molar-refractivity contribution in [3.8, 4) is 5.75 Å². The number of rotatable bonds is 3. The third-order valence-electron chi connectivity index (χ3n) is 3.99. The molecule has 3 rings (SSSR count). The lowest BCUT2D eigenvalue weighted by Crippen LogP contribution is -2.14. The van der Waals surface area contributed by atoms with Crippen molar-refractivity contribution in [3.05, 3.63) is 36.4 Å². The van der Waals surface area contributed by atoms with Gasteiger partial charge >= 0.3 is 5.97 Å². The zero-order valence-electron chi connectivity index (χ0n) is 12.6. The van der Waals surface area contributed by atoms with E-state index in [-0.39, 0.29) is 22.8 Å². The van der Waals surface area contributed by atoms with Crippen molar-refractivity contribution in [3.63, 3.8) is 0 Å². The monoisotopic (exact) mass is 302 g/mol. The zero-order chi connectivity index (χ0) is 14.8. The number of hydrogen-bond donors (Lipinski definition) is 1. The van der Waals surface area contributed by atoms with Crippen molar-refractivity contribution in [2.24, 2.45) is 5.92 Å². The maximum Gasteiger partial charge on any atom is 0.313 e. The number of carbonyl (C=O) groups excluding carboxylic acids is 1. The molecule has 0 radical (unpaired) electrons. The van der Waals surface area contributed by atoms with Gasteiger partial charge in [0, 0.05) is 5.39 Å². The highest BCUT2D eigenvalue weighted by Crippen LogP contribution is 2.47. The number of ether oxygens (including phenoxy) is 1. The van der Waals surface area contributed by atoms with Crippen LogP contribution >= 0.6 is 10.9 Å². The Morgan fingerprint density at radius 2 is 1.71 bits per heavy atom. The first-order valence-electron chi connectivity index (χ1n) is 7.65. The van der Waals surface area contributed by atoms with Crippen molar-refractivity contribution >= 4 is 27.6 Å². The van der Waals surface area contributed by atoms with E-state index in [0.29, 0.717) is 5.75 Å². The number of esters is 1. The second-order valence-corrected chi connectivity index (χ2v) is 8.35. The second kappa shape index (κ2) is 6.10. The van der Waals surface area contributed by atoms with Crippen LogP contribution in [0.15, 0.2) is 41.3 Å². The molecule has 1 aliphatic rings. The molecule has 0 atom stereocenters. The number of hydrogen-bond acceptors (Lipinski definition) is 2. The fourth-order valence-corrected chi connectivity index (χ4v) is 5.54. The van der Waals surface area contributed by atoms with Gasteiger partial charge < -0.3 is 4.74 Å². The third-order valence-corrected chi connectivity index (χ3v) is 6.77. The first-order chi connectivity index (χ1) is 10.2. The van der Waals surface area contributed by atoms with Gasteiger partial charge in [0.15, 0.2) is 0 Å². The standard InChI is InChI=1S/C18H22O2S/c1-13(2)18(19)20-16-9-10-17(21-11-5-6-12-21)15-8-4-3-7-14(15)16/h3-4,7-10,13,21H,5-6,11-12H2,1-2H3. The Morgan fingerprint density at radius 1 is 1.05 bits per heavy atom. The largest absolute Gasteiger partial charge is 0.426 e. The van der Waals surface area contributed by atoms with E-state index in [1.54, 1.807) is 0 Å². The maximum atomic E-state index is 11.9. The van der Waals surface area contributed by atoms with Gasteiger partial charge in [-0.05, 0) is 46.8 Å². The molecule has 0 spiro atoms. The average Bonchev–Trinajstić information content (AvgIpc) is 3.01. The number of benzene rings is 2. The molecule has 1 heterocycles. The molecule has 2 nitrogen and oxygen atoms in total. The summed E-state index contributed by atoms with van der Waals surface area (Å²) < 4.78 is 5.57. The predicted octanol–water partition coefficient (Wildman–Crippen LogP) is 4.56. The van der Waals surface area contributed by atoms with Gasteiger partial charge in [0.25, 0.3) is 0 Å². The highest BCUT2D eigenvalue weighted by Gasteiger charge is 2.18. The highest BCUT2D eigenvalue weighted by molar-refractivity contribution is 8.17. The summed E-state index contributed by atoms with van der Waals surface area (Å²) in [5.74, 6) is 3.10. The molecule has 0 N–H and O–H groups in total. The van der Waals surface area contributed by atoms with Gasteiger partial charge in [0.1, 0.15) is 5.75 Å². The molecule has 0 aliphatic carbocycles.